The first-order valence-electron chi connectivity index (χ1n) is 7.99. The number of nitrogens with zero attached hydrogens (tertiary/aromatic N) is 3. The Morgan fingerprint density at radius 2 is 1.92 bits per heavy atom. The number of fused-ring (bicyclic) bond motifs is 3. The van der Waals surface area contributed by atoms with Gasteiger partial charge in [0.1, 0.15) is 12.1 Å². The van der Waals surface area contributed by atoms with E-state index in [0.29, 0.717) is 10.8 Å². The van der Waals surface area contributed by atoms with Crippen molar-refractivity contribution in [3.63, 3.8) is 0 Å². The maximum absolute atomic E-state index is 6.32. The number of nitrogens with one attached hydrogen (secondary N) is 2. The SMILES string of the molecule is Clc1ccccc1Nc1nc2c(-c3nnc[nH]3)cccc2c2ccsc12. The summed E-state index contributed by atoms with van der Waals surface area (Å²) in [6, 6.07) is 15.9. The van der Waals surface area contributed by atoms with Gasteiger partial charge in [-0.05, 0) is 29.6 Å². The number of thiophene rings is 1. The van der Waals surface area contributed by atoms with Crippen LogP contribution in [0.25, 0.3) is 32.4 Å². The lowest BCUT2D eigenvalue weighted by atomic mass is 10.1. The summed E-state index contributed by atoms with van der Waals surface area (Å²) in [5.41, 5.74) is 2.60. The third kappa shape index (κ3) is 2.42. The minimum Gasteiger partial charge on any atom is -0.338 e. The number of aromatic amines is 1. The average molecular weight is 378 g/mol. The number of hydrogen-bond donors (Lipinski definition) is 2. The lowest BCUT2D eigenvalue weighted by Crippen LogP contribution is -1.96. The molecule has 2 N–H and O–H groups in total. The van der Waals surface area contributed by atoms with E-state index in [9.17, 15) is 0 Å². The van der Waals surface area contributed by atoms with Gasteiger partial charge in [0.05, 0.1) is 20.9 Å². The fraction of sp³-hybridized carbons (Fsp3) is 0. The van der Waals surface area contributed by atoms with Gasteiger partial charge in [-0.3, -0.25) is 0 Å². The zero-order chi connectivity index (χ0) is 17.5. The fourth-order valence-electron chi connectivity index (χ4n) is 3.05. The average Bonchev–Trinajstić information content (AvgIpc) is 3.35. The lowest BCUT2D eigenvalue weighted by Gasteiger charge is -2.12. The van der Waals surface area contributed by atoms with Gasteiger partial charge < -0.3 is 10.3 Å². The topological polar surface area (TPSA) is 66.5 Å². The van der Waals surface area contributed by atoms with Crippen molar-refractivity contribution in [3.8, 4) is 11.4 Å². The predicted molar refractivity (Wildman–Crippen MR) is 107 cm³/mol. The normalized spacial score (nSPS) is 11.3. The van der Waals surface area contributed by atoms with Gasteiger partial charge in [-0.2, -0.15) is 0 Å². The minimum atomic E-state index is 0.655. The summed E-state index contributed by atoms with van der Waals surface area (Å²) >= 11 is 7.97. The Hall–Kier alpha value is -2.96. The molecule has 7 heteroatoms. The number of para-hydroxylation sites is 2. The number of anilines is 2. The Balaban J connectivity index is 1.79. The number of benzene rings is 2. The first kappa shape index (κ1) is 15.3. The highest BCUT2D eigenvalue weighted by Gasteiger charge is 2.15. The Morgan fingerprint density at radius 1 is 1.00 bits per heavy atom. The van der Waals surface area contributed by atoms with Crippen LogP contribution in [0.1, 0.15) is 0 Å². The van der Waals surface area contributed by atoms with Crippen molar-refractivity contribution in [2.45, 2.75) is 0 Å². The fourth-order valence-corrected chi connectivity index (χ4v) is 4.09. The molecule has 5 aromatic rings. The van der Waals surface area contributed by atoms with E-state index in [1.807, 2.05) is 36.4 Å². The molecule has 0 aliphatic carbocycles. The Labute approximate surface area is 157 Å². The largest absolute Gasteiger partial charge is 0.338 e. The lowest BCUT2D eigenvalue weighted by molar-refractivity contribution is 1.10. The van der Waals surface area contributed by atoms with Gasteiger partial charge in [0.15, 0.2) is 5.82 Å². The van der Waals surface area contributed by atoms with Crippen molar-refractivity contribution < 1.29 is 0 Å². The summed E-state index contributed by atoms with van der Waals surface area (Å²) in [5, 5.41) is 16.4. The first-order chi connectivity index (χ1) is 12.8. The zero-order valence-corrected chi connectivity index (χ0v) is 15.0. The quantitative estimate of drug-likeness (QED) is 0.427. The van der Waals surface area contributed by atoms with Crippen molar-refractivity contribution >= 4 is 55.4 Å². The number of rotatable bonds is 3. The molecule has 0 aliphatic heterocycles. The van der Waals surface area contributed by atoms with Crippen molar-refractivity contribution in [2.75, 3.05) is 5.32 Å². The van der Waals surface area contributed by atoms with Gasteiger partial charge in [-0.25, -0.2) is 4.98 Å². The van der Waals surface area contributed by atoms with Crippen molar-refractivity contribution in [1.82, 2.24) is 20.2 Å². The summed E-state index contributed by atoms with van der Waals surface area (Å²) in [7, 11) is 0. The zero-order valence-electron chi connectivity index (χ0n) is 13.4. The summed E-state index contributed by atoms with van der Waals surface area (Å²) in [5.74, 6) is 1.48. The summed E-state index contributed by atoms with van der Waals surface area (Å²) in [6.07, 6.45) is 1.57. The molecule has 2 aromatic carbocycles. The van der Waals surface area contributed by atoms with Crippen LogP contribution in [-0.4, -0.2) is 20.2 Å². The monoisotopic (exact) mass is 377 g/mol. The molecule has 0 amide bonds. The Bertz CT molecular complexity index is 1230. The van der Waals surface area contributed by atoms with E-state index in [-0.39, 0.29) is 0 Å². The highest BCUT2D eigenvalue weighted by atomic mass is 35.5. The van der Waals surface area contributed by atoms with E-state index in [0.717, 1.165) is 38.1 Å². The molecule has 26 heavy (non-hydrogen) atoms. The van der Waals surface area contributed by atoms with E-state index >= 15 is 0 Å². The molecule has 0 bridgehead atoms. The Kier molecular flexibility index (Phi) is 3.58. The molecule has 0 spiro atoms. The third-order valence-electron chi connectivity index (χ3n) is 4.23. The Morgan fingerprint density at radius 3 is 2.77 bits per heavy atom. The highest BCUT2D eigenvalue weighted by molar-refractivity contribution is 7.18. The molecule has 3 heterocycles. The number of H-pyrrole nitrogens is 1. The molecule has 5 nitrogen and oxygen atoms in total. The third-order valence-corrected chi connectivity index (χ3v) is 5.48. The van der Waals surface area contributed by atoms with Gasteiger partial charge in [0, 0.05) is 16.3 Å². The maximum Gasteiger partial charge on any atom is 0.163 e. The summed E-state index contributed by atoms with van der Waals surface area (Å²) in [4.78, 5) is 7.99. The molecule has 0 unspecified atom stereocenters. The van der Waals surface area contributed by atoms with Crippen molar-refractivity contribution in [2.24, 2.45) is 0 Å². The van der Waals surface area contributed by atoms with Crippen LogP contribution in [0.15, 0.2) is 60.2 Å². The minimum absolute atomic E-state index is 0.655. The van der Waals surface area contributed by atoms with Crippen LogP contribution in [0.2, 0.25) is 5.02 Å². The molecule has 0 saturated carbocycles. The standard InChI is InChI=1S/C19H12ClN5S/c20-14-6-1-2-7-15(14)23-19-17-12(8-9-26-17)11-4-3-5-13(16(11)24-19)18-21-10-22-25-18/h1-10H,(H,23,24)(H,21,22,25). The highest BCUT2D eigenvalue weighted by Crippen LogP contribution is 2.38. The smallest absolute Gasteiger partial charge is 0.163 e. The maximum atomic E-state index is 6.32. The molecular weight excluding hydrogens is 366 g/mol. The number of halogens is 1. The number of aromatic nitrogens is 4. The van der Waals surface area contributed by atoms with E-state index in [4.69, 9.17) is 16.6 Å². The van der Waals surface area contributed by atoms with Gasteiger partial charge in [0.25, 0.3) is 0 Å². The van der Waals surface area contributed by atoms with Crippen LogP contribution in [0.4, 0.5) is 11.5 Å². The van der Waals surface area contributed by atoms with Crippen LogP contribution in [0, 0.1) is 0 Å². The molecular formula is C19H12ClN5S. The summed E-state index contributed by atoms with van der Waals surface area (Å²) in [6.45, 7) is 0. The van der Waals surface area contributed by atoms with E-state index in [1.165, 1.54) is 0 Å². The molecule has 3 aromatic heterocycles. The molecule has 0 fully saturated rings. The molecule has 0 atom stereocenters. The predicted octanol–water partition coefficient (Wildman–Crippen LogP) is 5.63. The molecule has 0 saturated heterocycles. The van der Waals surface area contributed by atoms with Crippen LogP contribution < -0.4 is 5.32 Å². The van der Waals surface area contributed by atoms with Gasteiger partial charge in [0.2, 0.25) is 0 Å². The van der Waals surface area contributed by atoms with Crippen molar-refractivity contribution in [3.05, 3.63) is 65.3 Å². The van der Waals surface area contributed by atoms with Crippen LogP contribution in [0.5, 0.6) is 0 Å². The van der Waals surface area contributed by atoms with Crippen LogP contribution in [-0.2, 0) is 0 Å². The number of hydrogen-bond acceptors (Lipinski definition) is 5. The first-order valence-corrected chi connectivity index (χ1v) is 9.25. The second-order valence-electron chi connectivity index (χ2n) is 5.77. The number of pyridine rings is 1. The van der Waals surface area contributed by atoms with Gasteiger partial charge in [-0.15, -0.1) is 21.5 Å². The second-order valence-corrected chi connectivity index (χ2v) is 7.09. The molecule has 0 radical (unpaired) electrons. The van der Waals surface area contributed by atoms with E-state index in [1.54, 1.807) is 17.7 Å². The van der Waals surface area contributed by atoms with Crippen LogP contribution >= 0.6 is 22.9 Å². The molecule has 0 aliphatic rings. The van der Waals surface area contributed by atoms with Gasteiger partial charge in [-0.1, -0.05) is 35.9 Å². The van der Waals surface area contributed by atoms with Gasteiger partial charge >= 0.3 is 0 Å². The van der Waals surface area contributed by atoms with E-state index in [2.05, 4.69) is 38.0 Å². The molecule has 5 rings (SSSR count). The molecule has 126 valence electrons. The summed E-state index contributed by atoms with van der Waals surface area (Å²) < 4.78 is 1.09. The van der Waals surface area contributed by atoms with Crippen molar-refractivity contribution in [1.29, 1.82) is 0 Å². The van der Waals surface area contributed by atoms with Crippen LogP contribution in [0.3, 0.4) is 0 Å². The van der Waals surface area contributed by atoms with E-state index < -0.39 is 0 Å². The second kappa shape index (κ2) is 6.09.